The average Bonchev–Trinajstić information content (AvgIpc) is 2.77. The van der Waals surface area contributed by atoms with Crippen LogP contribution in [0.15, 0.2) is 60.7 Å². The third-order valence-electron chi connectivity index (χ3n) is 4.76. The number of allylic oxidation sites excluding steroid dienone is 1. The first kappa shape index (κ1) is 20.7. The second kappa shape index (κ2) is 10.5. The van der Waals surface area contributed by atoms with Crippen molar-refractivity contribution in [2.24, 2.45) is 0 Å². The summed E-state index contributed by atoms with van der Waals surface area (Å²) in [5, 5.41) is 11.8. The fourth-order valence-electron chi connectivity index (χ4n) is 3.10. The van der Waals surface area contributed by atoms with Gasteiger partial charge < -0.3 is 5.32 Å². The van der Waals surface area contributed by atoms with Gasteiger partial charge in [-0.05, 0) is 28.8 Å². The number of benzene rings is 2. The first-order valence-corrected chi connectivity index (χ1v) is 9.61. The molecule has 2 aromatic rings. The summed E-state index contributed by atoms with van der Waals surface area (Å²) in [7, 11) is 0. The lowest BCUT2D eigenvalue weighted by Crippen LogP contribution is -2.42. The number of nitrogens with one attached hydrogen (secondary N) is 2. The maximum Gasteiger partial charge on any atom is 0.267 e. The number of nitrogens with zero attached hydrogens (tertiary/aromatic N) is 1. The van der Waals surface area contributed by atoms with E-state index in [1.165, 1.54) is 17.1 Å². The number of ketones is 1. The predicted octanol–water partition coefficient (Wildman–Crippen LogP) is 2.51. The summed E-state index contributed by atoms with van der Waals surface area (Å²) in [5.41, 5.74) is 5.12. The Labute approximate surface area is 170 Å². The second-order valence-corrected chi connectivity index (χ2v) is 6.90. The van der Waals surface area contributed by atoms with Crippen LogP contribution in [0.3, 0.4) is 0 Å². The molecule has 1 aliphatic rings. The monoisotopic (exact) mass is 391 g/mol. The molecule has 1 amide bonds. The van der Waals surface area contributed by atoms with E-state index in [4.69, 9.17) is 5.21 Å². The predicted molar refractivity (Wildman–Crippen MR) is 113 cm³/mol. The van der Waals surface area contributed by atoms with Crippen LogP contribution in [0.1, 0.15) is 27.0 Å². The summed E-state index contributed by atoms with van der Waals surface area (Å²) in [6.07, 6.45) is 6.16. The fourth-order valence-corrected chi connectivity index (χ4v) is 3.10. The number of carbonyl (C=O) groups excluding carboxylic acids is 2. The molecule has 6 nitrogen and oxygen atoms in total. The molecular formula is C23H25N3O3. The van der Waals surface area contributed by atoms with Crippen molar-refractivity contribution in [1.29, 1.82) is 0 Å². The lowest BCUT2D eigenvalue weighted by Gasteiger charge is -2.27. The zero-order chi connectivity index (χ0) is 20.5. The van der Waals surface area contributed by atoms with Crippen LogP contribution in [-0.4, -0.2) is 48.0 Å². The van der Waals surface area contributed by atoms with Crippen molar-refractivity contribution in [1.82, 2.24) is 15.7 Å². The first-order valence-electron chi connectivity index (χ1n) is 9.61. The Kier molecular flexibility index (Phi) is 7.47. The molecule has 1 fully saturated rings. The van der Waals surface area contributed by atoms with Gasteiger partial charge >= 0.3 is 0 Å². The number of hydroxylamine groups is 1. The Balaban J connectivity index is 1.55. The third kappa shape index (κ3) is 6.50. The van der Waals surface area contributed by atoms with Gasteiger partial charge in [-0.15, -0.1) is 0 Å². The zero-order valence-electron chi connectivity index (χ0n) is 16.2. The van der Waals surface area contributed by atoms with Crippen LogP contribution in [-0.2, 0) is 11.3 Å². The van der Waals surface area contributed by atoms with Crippen molar-refractivity contribution in [3.05, 3.63) is 82.9 Å². The Hall–Kier alpha value is -3.06. The minimum Gasteiger partial charge on any atom is -0.314 e. The van der Waals surface area contributed by atoms with E-state index in [9.17, 15) is 9.59 Å². The highest BCUT2D eigenvalue weighted by Crippen LogP contribution is 2.12. The molecule has 2 aromatic carbocycles. The molecule has 0 bridgehead atoms. The van der Waals surface area contributed by atoms with Gasteiger partial charge in [-0.25, -0.2) is 5.48 Å². The van der Waals surface area contributed by atoms with Gasteiger partial charge in [0.1, 0.15) is 0 Å². The summed E-state index contributed by atoms with van der Waals surface area (Å²) >= 11 is 0. The third-order valence-corrected chi connectivity index (χ3v) is 4.76. The van der Waals surface area contributed by atoms with Crippen molar-refractivity contribution in [2.75, 3.05) is 26.2 Å². The van der Waals surface area contributed by atoms with Crippen LogP contribution >= 0.6 is 0 Å². The lowest BCUT2D eigenvalue weighted by molar-refractivity contribution is -0.124. The van der Waals surface area contributed by atoms with E-state index in [-0.39, 0.29) is 5.78 Å². The molecule has 0 saturated carbocycles. The van der Waals surface area contributed by atoms with E-state index in [1.807, 2.05) is 48.5 Å². The van der Waals surface area contributed by atoms with Gasteiger partial charge in [-0.1, -0.05) is 54.6 Å². The molecular weight excluding hydrogens is 366 g/mol. The Morgan fingerprint density at radius 3 is 2.10 bits per heavy atom. The maximum atomic E-state index is 12.4. The molecule has 0 aromatic heterocycles. The fraction of sp³-hybridized carbons (Fsp3) is 0.217. The van der Waals surface area contributed by atoms with Crippen molar-refractivity contribution >= 4 is 23.8 Å². The van der Waals surface area contributed by atoms with Gasteiger partial charge in [-0.2, -0.15) is 0 Å². The van der Waals surface area contributed by atoms with Gasteiger partial charge in [-0.3, -0.25) is 19.7 Å². The Bertz CT molecular complexity index is 881. The van der Waals surface area contributed by atoms with Crippen molar-refractivity contribution in [2.45, 2.75) is 6.54 Å². The molecule has 6 heteroatoms. The van der Waals surface area contributed by atoms with Gasteiger partial charge in [0.15, 0.2) is 5.78 Å². The number of amides is 1. The van der Waals surface area contributed by atoms with Crippen molar-refractivity contribution in [3.63, 3.8) is 0 Å². The smallest absolute Gasteiger partial charge is 0.267 e. The molecule has 0 atom stereocenters. The summed E-state index contributed by atoms with van der Waals surface area (Å²) in [6, 6.07) is 15.2. The van der Waals surface area contributed by atoms with Crippen molar-refractivity contribution < 1.29 is 14.8 Å². The molecule has 0 radical (unpaired) electrons. The molecule has 3 N–H and O–H groups in total. The maximum absolute atomic E-state index is 12.4. The summed E-state index contributed by atoms with van der Waals surface area (Å²) < 4.78 is 0. The molecule has 1 aliphatic heterocycles. The molecule has 29 heavy (non-hydrogen) atoms. The topological polar surface area (TPSA) is 81.7 Å². The summed E-state index contributed by atoms with van der Waals surface area (Å²) in [5.74, 6) is -0.624. The van der Waals surface area contributed by atoms with Gasteiger partial charge in [0.2, 0.25) is 0 Å². The van der Waals surface area contributed by atoms with Crippen LogP contribution in [0.4, 0.5) is 0 Å². The number of piperazine rings is 1. The number of hydrogen-bond acceptors (Lipinski definition) is 5. The molecule has 3 rings (SSSR count). The van der Waals surface area contributed by atoms with Crippen molar-refractivity contribution in [3.8, 4) is 0 Å². The second-order valence-electron chi connectivity index (χ2n) is 6.90. The first-order chi connectivity index (χ1) is 14.1. The normalized spacial score (nSPS) is 15.1. The SMILES string of the molecule is O=C(/C=C/c1ccc(/C=C/C(=O)c2ccc(CN3CCNCC3)cc2)cc1)NO. The van der Waals surface area contributed by atoms with E-state index in [0.717, 1.165) is 43.9 Å². The molecule has 150 valence electrons. The molecule has 1 heterocycles. The van der Waals surface area contributed by atoms with E-state index in [0.29, 0.717) is 5.56 Å². The van der Waals surface area contributed by atoms with Crippen LogP contribution in [0.25, 0.3) is 12.2 Å². The molecule has 0 unspecified atom stereocenters. The molecule has 0 spiro atoms. The van der Waals surface area contributed by atoms with E-state index >= 15 is 0 Å². The van der Waals surface area contributed by atoms with Crippen LogP contribution in [0.5, 0.6) is 0 Å². The minimum absolute atomic E-state index is 0.0395. The molecule has 1 saturated heterocycles. The highest BCUT2D eigenvalue weighted by molar-refractivity contribution is 6.06. The number of hydrogen-bond donors (Lipinski definition) is 3. The average molecular weight is 391 g/mol. The van der Waals surface area contributed by atoms with Crippen LogP contribution < -0.4 is 10.8 Å². The quantitative estimate of drug-likeness (QED) is 0.292. The van der Waals surface area contributed by atoms with Gasteiger partial charge in [0, 0.05) is 44.4 Å². The summed E-state index contributed by atoms with van der Waals surface area (Å²) in [4.78, 5) is 25.8. The van der Waals surface area contributed by atoms with Crippen LogP contribution in [0, 0.1) is 0 Å². The minimum atomic E-state index is -0.585. The largest absolute Gasteiger partial charge is 0.314 e. The van der Waals surface area contributed by atoms with Gasteiger partial charge in [0.05, 0.1) is 0 Å². The Morgan fingerprint density at radius 2 is 1.52 bits per heavy atom. The highest BCUT2D eigenvalue weighted by Gasteiger charge is 2.10. The number of rotatable bonds is 7. The van der Waals surface area contributed by atoms with Gasteiger partial charge in [0.25, 0.3) is 5.91 Å². The van der Waals surface area contributed by atoms with E-state index < -0.39 is 5.91 Å². The van der Waals surface area contributed by atoms with Crippen LogP contribution in [0.2, 0.25) is 0 Å². The number of carbonyl (C=O) groups is 2. The summed E-state index contributed by atoms with van der Waals surface area (Å²) in [6.45, 7) is 5.05. The lowest BCUT2D eigenvalue weighted by atomic mass is 10.1. The zero-order valence-corrected chi connectivity index (χ0v) is 16.2. The standard InChI is InChI=1S/C23H25N3O3/c27-22(11-7-18-1-3-19(4-2-18)8-12-23(28)25-29)21-9-5-20(6-10-21)17-26-15-13-24-14-16-26/h1-12,24,29H,13-17H2,(H,25,28)/b11-7+,12-8+. The molecule has 0 aliphatic carbocycles. The van der Waals surface area contributed by atoms with E-state index in [2.05, 4.69) is 10.2 Å². The highest BCUT2D eigenvalue weighted by atomic mass is 16.5. The van der Waals surface area contributed by atoms with E-state index in [1.54, 1.807) is 18.2 Å². The Morgan fingerprint density at radius 1 is 0.931 bits per heavy atom.